The van der Waals surface area contributed by atoms with Crippen molar-refractivity contribution in [3.63, 3.8) is 0 Å². The lowest BCUT2D eigenvalue weighted by Gasteiger charge is -2.29. The molecule has 3 saturated heterocycles. The fourth-order valence-electron chi connectivity index (χ4n) is 4.24. The van der Waals surface area contributed by atoms with Crippen LogP contribution < -0.4 is 0 Å². The Hall–Kier alpha value is -1.70. The summed E-state index contributed by atoms with van der Waals surface area (Å²) in [5.74, 6) is -1.47. The number of carbonyl (C=O) groups is 2. The number of esters is 2. The summed E-state index contributed by atoms with van der Waals surface area (Å²) >= 11 is 0. The van der Waals surface area contributed by atoms with Gasteiger partial charge < -0.3 is 24.1 Å². The van der Waals surface area contributed by atoms with Gasteiger partial charge in [0, 0.05) is 12.0 Å². The smallest absolute Gasteiger partial charge is 0.341 e. The number of aliphatic hydroxyl groups excluding tert-OH is 1. The average molecular weight is 378 g/mol. The maximum atomic E-state index is 12.7. The summed E-state index contributed by atoms with van der Waals surface area (Å²) < 4.78 is 22.5. The third-order valence-corrected chi connectivity index (χ3v) is 6.44. The molecule has 4 rings (SSSR count). The molecule has 0 unspecified atom stereocenters. The predicted molar refractivity (Wildman–Crippen MR) is 93.6 cm³/mol. The molecule has 3 fully saturated rings. The van der Waals surface area contributed by atoms with Crippen molar-refractivity contribution in [2.45, 2.75) is 75.7 Å². The first-order chi connectivity index (χ1) is 12.7. The van der Waals surface area contributed by atoms with E-state index in [-0.39, 0.29) is 30.8 Å². The molecule has 0 bridgehead atoms. The van der Waals surface area contributed by atoms with Crippen LogP contribution in [-0.2, 0) is 28.5 Å². The molecule has 0 radical (unpaired) electrons. The second kappa shape index (κ2) is 6.15. The molecule has 0 saturated carbocycles. The van der Waals surface area contributed by atoms with Gasteiger partial charge in [-0.25, -0.2) is 9.59 Å². The highest BCUT2D eigenvalue weighted by molar-refractivity contribution is 5.91. The number of epoxide rings is 2. The zero-order chi connectivity index (χ0) is 19.6. The summed E-state index contributed by atoms with van der Waals surface area (Å²) in [5.41, 5.74) is -0.386. The second-order valence-electron chi connectivity index (χ2n) is 8.32. The van der Waals surface area contributed by atoms with Crippen molar-refractivity contribution in [3.8, 4) is 0 Å². The Balaban J connectivity index is 1.67. The lowest BCUT2D eigenvalue weighted by Crippen LogP contribution is -2.41. The van der Waals surface area contributed by atoms with Gasteiger partial charge in [0.05, 0.1) is 24.7 Å². The number of carbonyl (C=O) groups excluding carboxylic acids is 2. The third kappa shape index (κ3) is 3.02. The van der Waals surface area contributed by atoms with E-state index in [4.69, 9.17) is 18.9 Å². The minimum Gasteiger partial charge on any atom is -0.459 e. The van der Waals surface area contributed by atoms with Gasteiger partial charge in [-0.1, -0.05) is 12.2 Å². The van der Waals surface area contributed by atoms with Crippen molar-refractivity contribution < 1.29 is 33.6 Å². The van der Waals surface area contributed by atoms with Crippen LogP contribution in [0, 0.1) is 5.92 Å². The first kappa shape index (κ1) is 18.7. The number of ether oxygens (including phenoxy) is 4. The highest BCUT2D eigenvalue weighted by atomic mass is 16.7. The minimum atomic E-state index is -0.975. The van der Waals surface area contributed by atoms with E-state index in [1.165, 1.54) is 0 Å². The zero-order valence-electron chi connectivity index (χ0n) is 15.9. The minimum absolute atomic E-state index is 0.0958. The number of aliphatic hydroxyl groups is 1. The van der Waals surface area contributed by atoms with Crippen molar-refractivity contribution in [2.24, 2.45) is 5.92 Å². The first-order valence-electron chi connectivity index (χ1n) is 9.45. The second-order valence-corrected chi connectivity index (χ2v) is 8.32. The Labute approximate surface area is 158 Å². The van der Waals surface area contributed by atoms with Crippen LogP contribution >= 0.6 is 0 Å². The Morgan fingerprint density at radius 1 is 1.44 bits per heavy atom. The molecule has 148 valence electrons. The molecular formula is C20H26O7. The van der Waals surface area contributed by atoms with Gasteiger partial charge >= 0.3 is 11.9 Å². The van der Waals surface area contributed by atoms with Crippen molar-refractivity contribution in [2.75, 3.05) is 6.61 Å². The molecule has 0 spiro atoms. The molecule has 3 aliphatic heterocycles. The van der Waals surface area contributed by atoms with Crippen molar-refractivity contribution >= 4 is 11.9 Å². The van der Waals surface area contributed by atoms with Crippen molar-refractivity contribution in [3.05, 3.63) is 23.8 Å². The maximum absolute atomic E-state index is 12.7. The van der Waals surface area contributed by atoms with E-state index < -0.39 is 41.3 Å². The lowest BCUT2D eigenvalue weighted by molar-refractivity contribution is -0.159. The molecule has 7 nitrogen and oxygen atoms in total. The molecular weight excluding hydrogens is 352 g/mol. The van der Waals surface area contributed by atoms with Crippen LogP contribution in [0.4, 0.5) is 0 Å². The van der Waals surface area contributed by atoms with Crippen LogP contribution in [0.25, 0.3) is 0 Å². The van der Waals surface area contributed by atoms with Crippen LogP contribution in [0.1, 0.15) is 40.0 Å². The number of hydrogen-bond donors (Lipinski definition) is 1. The van der Waals surface area contributed by atoms with E-state index in [2.05, 4.69) is 6.58 Å². The van der Waals surface area contributed by atoms with Gasteiger partial charge in [0.15, 0.2) is 5.60 Å². The number of rotatable bonds is 3. The van der Waals surface area contributed by atoms with E-state index in [0.29, 0.717) is 0 Å². The van der Waals surface area contributed by atoms with Gasteiger partial charge in [0.25, 0.3) is 0 Å². The molecule has 0 aromatic heterocycles. The van der Waals surface area contributed by atoms with Crippen LogP contribution in [0.2, 0.25) is 0 Å². The van der Waals surface area contributed by atoms with Gasteiger partial charge in [-0.15, -0.1) is 0 Å². The van der Waals surface area contributed by atoms with Crippen molar-refractivity contribution in [1.29, 1.82) is 0 Å². The zero-order valence-corrected chi connectivity index (χ0v) is 15.9. The molecule has 27 heavy (non-hydrogen) atoms. The summed E-state index contributed by atoms with van der Waals surface area (Å²) in [7, 11) is 0. The summed E-state index contributed by atoms with van der Waals surface area (Å²) in [4.78, 5) is 24.9. The largest absolute Gasteiger partial charge is 0.459 e. The standard InChI is InChI=1S/C20H26O7/c1-10-5-6-15-20(9-21,27-15)8-14(25-18(23)19(4)12(3)26-19)16-11(2)17(22)24-13(16)7-10/h7,12-16,21H,2,5-6,8-9H2,1,3-4H3/b10-7-/t12-,13-,14-,15-,16+,19-,20+/m1/s1. The van der Waals surface area contributed by atoms with Crippen molar-refractivity contribution in [1.82, 2.24) is 0 Å². The topological polar surface area (TPSA) is 97.9 Å². The van der Waals surface area contributed by atoms with E-state index in [9.17, 15) is 14.7 Å². The highest BCUT2D eigenvalue weighted by Crippen LogP contribution is 2.48. The average Bonchev–Trinajstić information content (AvgIpc) is 3.45. The first-order valence-corrected chi connectivity index (χ1v) is 9.45. The number of allylic oxidation sites excluding steroid dienone is 1. The Morgan fingerprint density at radius 2 is 2.15 bits per heavy atom. The molecule has 3 heterocycles. The quantitative estimate of drug-likeness (QED) is 0.343. The van der Waals surface area contributed by atoms with Crippen LogP contribution in [0.3, 0.4) is 0 Å². The number of fused-ring (bicyclic) bond motifs is 2. The predicted octanol–water partition coefficient (Wildman–Crippen LogP) is 1.43. The molecule has 0 aromatic carbocycles. The van der Waals surface area contributed by atoms with E-state index in [1.807, 2.05) is 13.0 Å². The summed E-state index contributed by atoms with van der Waals surface area (Å²) in [5, 5.41) is 9.94. The maximum Gasteiger partial charge on any atom is 0.341 e. The SMILES string of the molecule is C=C1C(=O)O[C@@H]2/C=C(/C)CC[C@H]3O[C@]3(CO)C[C@@H](OC(=O)[C@]3(C)O[C@@H]3C)[C@@H]12. The molecule has 1 N–H and O–H groups in total. The van der Waals surface area contributed by atoms with Gasteiger partial charge in [-0.05, 0) is 39.7 Å². The van der Waals surface area contributed by atoms with Gasteiger partial charge in [0.1, 0.15) is 17.8 Å². The molecule has 0 amide bonds. The van der Waals surface area contributed by atoms with Gasteiger partial charge in [-0.2, -0.15) is 0 Å². The Bertz CT molecular complexity index is 728. The van der Waals surface area contributed by atoms with Crippen LogP contribution in [0.5, 0.6) is 0 Å². The Kier molecular flexibility index (Phi) is 4.25. The molecule has 1 aliphatic carbocycles. The number of hydrogen-bond acceptors (Lipinski definition) is 7. The summed E-state index contributed by atoms with van der Waals surface area (Å²) in [6.07, 6.45) is 2.18. The highest BCUT2D eigenvalue weighted by Gasteiger charge is 2.62. The summed E-state index contributed by atoms with van der Waals surface area (Å²) in [6, 6.07) is 0. The van der Waals surface area contributed by atoms with Crippen LogP contribution in [-0.4, -0.2) is 59.3 Å². The Morgan fingerprint density at radius 3 is 2.78 bits per heavy atom. The lowest BCUT2D eigenvalue weighted by atomic mass is 9.82. The van der Waals surface area contributed by atoms with E-state index in [1.54, 1.807) is 13.8 Å². The summed E-state index contributed by atoms with van der Waals surface area (Å²) in [6.45, 7) is 9.17. The fourth-order valence-corrected chi connectivity index (χ4v) is 4.24. The molecule has 7 atom stereocenters. The van der Waals surface area contributed by atoms with E-state index >= 15 is 0 Å². The molecule has 4 aliphatic rings. The van der Waals surface area contributed by atoms with Gasteiger partial charge in [-0.3, -0.25) is 0 Å². The monoisotopic (exact) mass is 378 g/mol. The normalized spacial score (nSPS) is 47.9. The van der Waals surface area contributed by atoms with Crippen LogP contribution in [0.15, 0.2) is 23.8 Å². The van der Waals surface area contributed by atoms with Gasteiger partial charge in [0.2, 0.25) is 0 Å². The fraction of sp³-hybridized carbons (Fsp3) is 0.700. The molecule has 0 aromatic rings. The third-order valence-electron chi connectivity index (χ3n) is 6.44. The van der Waals surface area contributed by atoms with E-state index in [0.717, 1.165) is 18.4 Å². The molecule has 7 heteroatoms.